The van der Waals surface area contributed by atoms with Crippen LogP contribution in [0.15, 0.2) is 30.6 Å². The number of halogens is 1. The molecule has 2 saturated heterocycles. The van der Waals surface area contributed by atoms with Crippen LogP contribution in [0.4, 0.5) is 0 Å². The van der Waals surface area contributed by atoms with E-state index < -0.39 is 0 Å². The van der Waals surface area contributed by atoms with E-state index in [4.69, 9.17) is 21.1 Å². The number of nitrogens with zero attached hydrogens (tertiary/aromatic N) is 4. The number of carbonyl (C=O) groups excluding carboxylic acids is 1. The number of carbonyl (C=O) groups is 1. The second kappa shape index (κ2) is 11.7. The molecule has 3 heterocycles. The zero-order valence-electron chi connectivity index (χ0n) is 21.1. The molecule has 2 fully saturated rings. The quantitative estimate of drug-likeness (QED) is 0.532. The molecule has 0 aliphatic carbocycles. The van der Waals surface area contributed by atoms with Crippen molar-refractivity contribution in [1.29, 1.82) is 0 Å². The zero-order chi connectivity index (χ0) is 24.8. The van der Waals surface area contributed by atoms with E-state index in [0.717, 1.165) is 60.2 Å². The molecule has 1 aromatic heterocycles. The van der Waals surface area contributed by atoms with E-state index in [0.29, 0.717) is 45.2 Å². The molecule has 0 bridgehead atoms. The first kappa shape index (κ1) is 25.9. The predicted molar refractivity (Wildman–Crippen MR) is 137 cm³/mol. The molecule has 8 heteroatoms. The highest BCUT2D eigenvalue weighted by atomic mass is 35.5. The lowest BCUT2D eigenvalue weighted by molar-refractivity contribution is -0.139. The fourth-order valence-corrected chi connectivity index (χ4v) is 5.07. The van der Waals surface area contributed by atoms with Crippen LogP contribution in [-0.2, 0) is 16.1 Å². The number of benzene rings is 1. The van der Waals surface area contributed by atoms with E-state index in [1.54, 1.807) is 0 Å². The van der Waals surface area contributed by atoms with Gasteiger partial charge in [0.25, 0.3) is 0 Å². The number of rotatable bonds is 8. The third kappa shape index (κ3) is 6.93. The van der Waals surface area contributed by atoms with E-state index in [1.807, 2.05) is 42.4 Å². The summed E-state index contributed by atoms with van der Waals surface area (Å²) in [5.74, 6) is 2.16. The molecule has 2 aliphatic heterocycles. The Morgan fingerprint density at radius 3 is 2.63 bits per heavy atom. The summed E-state index contributed by atoms with van der Waals surface area (Å²) in [5, 5.41) is 0.726. The van der Waals surface area contributed by atoms with Gasteiger partial charge in [0.2, 0.25) is 5.91 Å². The van der Waals surface area contributed by atoms with Crippen LogP contribution in [0.1, 0.15) is 56.0 Å². The second-order valence-corrected chi connectivity index (χ2v) is 10.7. The average Bonchev–Trinajstić information content (AvgIpc) is 2.86. The highest BCUT2D eigenvalue weighted by Crippen LogP contribution is 2.36. The largest absolute Gasteiger partial charge is 0.493 e. The predicted octanol–water partition coefficient (Wildman–Crippen LogP) is 4.47. The maximum absolute atomic E-state index is 13.3. The Morgan fingerprint density at radius 2 is 1.94 bits per heavy atom. The summed E-state index contributed by atoms with van der Waals surface area (Å²) in [5.41, 5.74) is 1.82. The minimum atomic E-state index is -0.264. The van der Waals surface area contributed by atoms with Gasteiger partial charge in [0, 0.05) is 66.9 Å². The molecular formula is C27H37ClN4O3. The summed E-state index contributed by atoms with van der Waals surface area (Å²) < 4.78 is 11.8. The van der Waals surface area contributed by atoms with Crippen molar-refractivity contribution in [2.45, 2.75) is 52.5 Å². The van der Waals surface area contributed by atoms with Gasteiger partial charge in [-0.3, -0.25) is 9.69 Å². The maximum Gasteiger partial charge on any atom is 0.223 e. The molecule has 0 N–H and O–H groups in total. The van der Waals surface area contributed by atoms with Gasteiger partial charge in [-0.2, -0.15) is 0 Å². The molecule has 4 rings (SSSR count). The molecule has 2 aromatic rings. The molecule has 0 saturated carbocycles. The lowest BCUT2D eigenvalue weighted by atomic mass is 9.77. The molecular weight excluding hydrogens is 464 g/mol. The monoisotopic (exact) mass is 500 g/mol. The normalized spacial score (nSPS) is 21.3. The van der Waals surface area contributed by atoms with Crippen molar-refractivity contribution in [3.8, 4) is 5.75 Å². The number of likely N-dealkylation sites (tertiary alicyclic amines) is 1. The van der Waals surface area contributed by atoms with Crippen LogP contribution in [0.25, 0.3) is 0 Å². The number of aromatic nitrogens is 2. The lowest BCUT2D eigenvalue weighted by Crippen LogP contribution is -2.50. The Balaban J connectivity index is 1.48. The summed E-state index contributed by atoms with van der Waals surface area (Å²) >= 11 is 6.20. The zero-order valence-corrected chi connectivity index (χ0v) is 21.9. The van der Waals surface area contributed by atoms with E-state index in [2.05, 4.69) is 28.7 Å². The average molecular weight is 501 g/mol. The molecule has 1 amide bonds. The Morgan fingerprint density at radius 1 is 1.20 bits per heavy atom. The van der Waals surface area contributed by atoms with Crippen molar-refractivity contribution in [2.24, 2.45) is 5.41 Å². The number of morpholine rings is 1. The van der Waals surface area contributed by atoms with Crippen LogP contribution in [0, 0.1) is 12.3 Å². The van der Waals surface area contributed by atoms with Gasteiger partial charge in [-0.25, -0.2) is 9.97 Å². The van der Waals surface area contributed by atoms with Crippen LogP contribution in [0.2, 0.25) is 5.02 Å². The van der Waals surface area contributed by atoms with Crippen molar-refractivity contribution < 1.29 is 14.3 Å². The minimum Gasteiger partial charge on any atom is -0.493 e. The highest BCUT2D eigenvalue weighted by molar-refractivity contribution is 6.31. The molecule has 0 radical (unpaired) electrons. The van der Waals surface area contributed by atoms with E-state index in [-0.39, 0.29) is 11.3 Å². The van der Waals surface area contributed by atoms with Crippen molar-refractivity contribution in [3.05, 3.63) is 52.6 Å². The van der Waals surface area contributed by atoms with Crippen LogP contribution in [-0.4, -0.2) is 71.7 Å². The first-order chi connectivity index (χ1) is 16.8. The molecule has 190 valence electrons. The number of hydrogen-bond donors (Lipinski definition) is 0. The van der Waals surface area contributed by atoms with Gasteiger partial charge in [-0.15, -0.1) is 0 Å². The van der Waals surface area contributed by atoms with Crippen LogP contribution < -0.4 is 4.74 Å². The van der Waals surface area contributed by atoms with Crippen LogP contribution >= 0.6 is 11.6 Å². The topological polar surface area (TPSA) is 67.8 Å². The fourth-order valence-electron chi connectivity index (χ4n) is 4.95. The summed E-state index contributed by atoms with van der Waals surface area (Å²) in [7, 11) is 0. The molecule has 7 nitrogen and oxygen atoms in total. The van der Waals surface area contributed by atoms with Gasteiger partial charge >= 0.3 is 0 Å². The Bertz CT molecular complexity index is 994. The van der Waals surface area contributed by atoms with Crippen molar-refractivity contribution in [3.63, 3.8) is 0 Å². The maximum atomic E-state index is 13.3. The summed E-state index contributed by atoms with van der Waals surface area (Å²) in [6.45, 7) is 11.8. The van der Waals surface area contributed by atoms with Gasteiger partial charge in [-0.1, -0.05) is 25.4 Å². The van der Waals surface area contributed by atoms with Gasteiger partial charge < -0.3 is 14.4 Å². The van der Waals surface area contributed by atoms with E-state index in [1.165, 1.54) is 0 Å². The number of hydrogen-bond acceptors (Lipinski definition) is 6. The van der Waals surface area contributed by atoms with Gasteiger partial charge in [-0.05, 0) is 50.1 Å². The number of ether oxygens (including phenoxy) is 2. The third-order valence-electron chi connectivity index (χ3n) is 6.95. The molecule has 0 unspecified atom stereocenters. The lowest BCUT2D eigenvalue weighted by Gasteiger charge is -2.43. The summed E-state index contributed by atoms with van der Waals surface area (Å²) in [6.07, 6.45) is 6.31. The molecule has 2 aliphatic rings. The molecule has 1 atom stereocenters. The minimum absolute atomic E-state index is 0.190. The van der Waals surface area contributed by atoms with Crippen LogP contribution in [0.3, 0.4) is 0 Å². The van der Waals surface area contributed by atoms with Crippen molar-refractivity contribution >= 4 is 17.5 Å². The number of amides is 1. The SMILES string of the molecule is Cc1cc(OC[C@@]2(CC(=O)N3CCOCC3)CCCN(Cc3cnc(C(C)C)nc3)C2)ccc1Cl. The van der Waals surface area contributed by atoms with Gasteiger partial charge in [0.05, 0.1) is 19.8 Å². The molecule has 35 heavy (non-hydrogen) atoms. The standard InChI is InChI=1S/C27H37ClN4O3/c1-20(2)26-29-15-22(16-30-26)17-31-8-4-7-27(18-31,14-25(33)32-9-11-34-12-10-32)19-35-23-5-6-24(28)21(3)13-23/h5-6,13,15-16,20H,4,7-12,14,17-19H2,1-3H3/t27-/m1/s1. The molecule has 0 spiro atoms. The van der Waals surface area contributed by atoms with E-state index >= 15 is 0 Å². The van der Waals surface area contributed by atoms with Crippen molar-refractivity contribution in [1.82, 2.24) is 19.8 Å². The van der Waals surface area contributed by atoms with E-state index in [9.17, 15) is 4.79 Å². The Hall–Kier alpha value is -2.22. The van der Waals surface area contributed by atoms with Crippen molar-refractivity contribution in [2.75, 3.05) is 46.0 Å². The summed E-state index contributed by atoms with van der Waals surface area (Å²) in [4.78, 5) is 26.7. The third-order valence-corrected chi connectivity index (χ3v) is 7.38. The first-order valence-electron chi connectivity index (χ1n) is 12.6. The smallest absolute Gasteiger partial charge is 0.223 e. The molecule has 1 aromatic carbocycles. The number of aryl methyl sites for hydroxylation is 1. The van der Waals surface area contributed by atoms with Crippen LogP contribution in [0.5, 0.6) is 5.75 Å². The Kier molecular flexibility index (Phi) is 8.63. The number of piperidine rings is 1. The van der Waals surface area contributed by atoms with Gasteiger partial charge in [0.1, 0.15) is 11.6 Å². The highest BCUT2D eigenvalue weighted by Gasteiger charge is 2.39. The first-order valence-corrected chi connectivity index (χ1v) is 13.0. The Labute approximate surface area is 213 Å². The van der Waals surface area contributed by atoms with Gasteiger partial charge in [0.15, 0.2) is 0 Å². The summed E-state index contributed by atoms with van der Waals surface area (Å²) in [6, 6.07) is 5.74. The second-order valence-electron chi connectivity index (χ2n) is 10.3. The fraction of sp³-hybridized carbons (Fsp3) is 0.593.